The number of carbonyl (C=O) groups is 3. The van der Waals surface area contributed by atoms with Gasteiger partial charge in [-0.25, -0.2) is 4.79 Å². The van der Waals surface area contributed by atoms with Gasteiger partial charge < -0.3 is 10.1 Å². The quantitative estimate of drug-likeness (QED) is 0.480. The van der Waals surface area contributed by atoms with E-state index in [0.717, 1.165) is 12.8 Å². The molecule has 0 aromatic heterocycles. The summed E-state index contributed by atoms with van der Waals surface area (Å²) in [5, 5.41) is 2.89. The van der Waals surface area contributed by atoms with Crippen LogP contribution in [0.25, 0.3) is 0 Å². The Morgan fingerprint density at radius 2 is 1.27 bits per heavy atom. The van der Waals surface area contributed by atoms with Gasteiger partial charge in [0.1, 0.15) is 0 Å². The third-order valence-electron chi connectivity index (χ3n) is 4.91. The molecule has 5 heteroatoms. The Labute approximate surface area is 174 Å². The van der Waals surface area contributed by atoms with Crippen LogP contribution in [0, 0.1) is 0 Å². The first-order valence-electron chi connectivity index (χ1n) is 9.88. The lowest BCUT2D eigenvalue weighted by atomic mass is 10.0. The standard InChI is InChI=1S/C25H21NO4/c27-22(17-7-3-1-4-8-17)18-11-13-20(14-12-18)25(29)30-23(19-9-5-2-6-10-19)24(28)26-21-15-16-21/h1-14,21,23H,15-16H2,(H,26,28). The maximum absolute atomic E-state index is 12.7. The fourth-order valence-electron chi connectivity index (χ4n) is 3.09. The Bertz CT molecular complexity index is 1040. The van der Waals surface area contributed by atoms with Crippen molar-refractivity contribution in [1.29, 1.82) is 0 Å². The van der Waals surface area contributed by atoms with E-state index in [1.807, 2.05) is 12.1 Å². The highest BCUT2D eigenvalue weighted by atomic mass is 16.5. The van der Waals surface area contributed by atoms with Crippen molar-refractivity contribution in [3.8, 4) is 0 Å². The van der Waals surface area contributed by atoms with E-state index in [9.17, 15) is 14.4 Å². The number of ketones is 1. The number of rotatable bonds is 7. The van der Waals surface area contributed by atoms with E-state index in [1.54, 1.807) is 72.8 Å². The summed E-state index contributed by atoms with van der Waals surface area (Å²) in [6.45, 7) is 0. The summed E-state index contributed by atoms with van der Waals surface area (Å²) in [6.07, 6.45) is 0.862. The molecule has 1 saturated carbocycles. The van der Waals surface area contributed by atoms with E-state index in [1.165, 1.54) is 0 Å². The van der Waals surface area contributed by atoms with Crippen molar-refractivity contribution < 1.29 is 19.1 Å². The van der Waals surface area contributed by atoms with E-state index in [4.69, 9.17) is 4.74 Å². The maximum Gasteiger partial charge on any atom is 0.339 e. The molecule has 3 aromatic carbocycles. The zero-order valence-corrected chi connectivity index (χ0v) is 16.3. The number of ether oxygens (including phenoxy) is 1. The van der Waals surface area contributed by atoms with Crippen LogP contribution in [0.2, 0.25) is 0 Å². The van der Waals surface area contributed by atoms with E-state index in [-0.39, 0.29) is 23.3 Å². The van der Waals surface area contributed by atoms with Crippen molar-refractivity contribution in [3.05, 3.63) is 107 Å². The number of hydrogen-bond acceptors (Lipinski definition) is 4. The second-order valence-corrected chi connectivity index (χ2v) is 7.25. The first-order valence-corrected chi connectivity index (χ1v) is 9.88. The van der Waals surface area contributed by atoms with E-state index in [2.05, 4.69) is 5.32 Å². The molecule has 1 atom stereocenters. The van der Waals surface area contributed by atoms with Crippen molar-refractivity contribution in [2.75, 3.05) is 0 Å². The maximum atomic E-state index is 12.7. The zero-order valence-electron chi connectivity index (χ0n) is 16.3. The molecule has 0 spiro atoms. The summed E-state index contributed by atoms with van der Waals surface area (Å²) in [7, 11) is 0. The van der Waals surface area contributed by atoms with Gasteiger partial charge in [-0.05, 0) is 25.0 Å². The molecule has 1 N–H and O–H groups in total. The van der Waals surface area contributed by atoms with Crippen molar-refractivity contribution in [3.63, 3.8) is 0 Å². The Balaban J connectivity index is 1.49. The predicted octanol–water partition coefficient (Wildman–Crippen LogP) is 4.09. The Morgan fingerprint density at radius 3 is 1.87 bits per heavy atom. The topological polar surface area (TPSA) is 72.5 Å². The number of nitrogens with one attached hydrogen (secondary N) is 1. The highest BCUT2D eigenvalue weighted by Crippen LogP contribution is 2.24. The third kappa shape index (κ3) is 4.63. The second kappa shape index (κ2) is 8.74. The summed E-state index contributed by atoms with van der Waals surface area (Å²) >= 11 is 0. The Morgan fingerprint density at radius 1 is 0.733 bits per heavy atom. The minimum atomic E-state index is -1.02. The molecule has 30 heavy (non-hydrogen) atoms. The molecular formula is C25H21NO4. The lowest BCUT2D eigenvalue weighted by molar-refractivity contribution is -0.130. The molecule has 0 bridgehead atoms. The summed E-state index contributed by atoms with van der Waals surface area (Å²) in [5.74, 6) is -1.07. The molecule has 3 aromatic rings. The molecule has 150 valence electrons. The number of amides is 1. The van der Waals surface area contributed by atoms with Crippen LogP contribution in [0.15, 0.2) is 84.9 Å². The summed E-state index contributed by atoms with van der Waals surface area (Å²) in [4.78, 5) is 37.8. The number of benzene rings is 3. The summed E-state index contributed by atoms with van der Waals surface area (Å²) in [6, 6.07) is 24.3. The molecule has 1 aliphatic carbocycles. The fraction of sp³-hybridized carbons (Fsp3) is 0.160. The minimum Gasteiger partial charge on any atom is -0.444 e. The van der Waals surface area contributed by atoms with Gasteiger partial charge in [-0.15, -0.1) is 0 Å². The largest absolute Gasteiger partial charge is 0.444 e. The molecule has 1 amide bonds. The number of esters is 1. The Kier molecular flexibility index (Phi) is 5.70. The molecule has 1 aliphatic rings. The molecule has 0 aliphatic heterocycles. The highest BCUT2D eigenvalue weighted by Gasteiger charge is 2.31. The SMILES string of the molecule is O=C(OC(C(=O)NC1CC1)c1ccccc1)c1ccc(C(=O)c2ccccc2)cc1. The summed E-state index contributed by atoms with van der Waals surface area (Å²) < 4.78 is 5.56. The predicted molar refractivity (Wildman–Crippen MR) is 112 cm³/mol. The molecule has 0 saturated heterocycles. The molecule has 4 rings (SSSR count). The van der Waals surface area contributed by atoms with Crippen LogP contribution >= 0.6 is 0 Å². The van der Waals surface area contributed by atoms with Crippen molar-refractivity contribution >= 4 is 17.7 Å². The van der Waals surface area contributed by atoms with Crippen LogP contribution in [0.1, 0.15) is 50.8 Å². The van der Waals surface area contributed by atoms with E-state index in [0.29, 0.717) is 16.7 Å². The normalized spacial score (nSPS) is 13.9. The van der Waals surface area contributed by atoms with Gasteiger partial charge in [0.05, 0.1) is 5.56 Å². The highest BCUT2D eigenvalue weighted by molar-refractivity contribution is 6.09. The van der Waals surface area contributed by atoms with Gasteiger partial charge in [0.25, 0.3) is 5.91 Å². The fourth-order valence-corrected chi connectivity index (χ4v) is 3.09. The van der Waals surface area contributed by atoms with Crippen molar-refractivity contribution in [2.24, 2.45) is 0 Å². The van der Waals surface area contributed by atoms with Gasteiger partial charge >= 0.3 is 5.97 Å². The van der Waals surface area contributed by atoms with Gasteiger partial charge in [0.2, 0.25) is 6.10 Å². The zero-order chi connectivity index (χ0) is 20.9. The van der Waals surface area contributed by atoms with Gasteiger partial charge in [0.15, 0.2) is 5.78 Å². The van der Waals surface area contributed by atoms with Crippen LogP contribution < -0.4 is 5.32 Å². The van der Waals surface area contributed by atoms with Crippen LogP contribution in [-0.2, 0) is 9.53 Å². The van der Waals surface area contributed by atoms with E-state index < -0.39 is 12.1 Å². The average molecular weight is 399 g/mol. The molecule has 0 radical (unpaired) electrons. The van der Waals surface area contributed by atoms with Gasteiger partial charge in [-0.3, -0.25) is 9.59 Å². The number of carbonyl (C=O) groups excluding carboxylic acids is 3. The summed E-state index contributed by atoms with van der Waals surface area (Å²) in [5.41, 5.74) is 1.94. The van der Waals surface area contributed by atoms with Crippen LogP contribution in [-0.4, -0.2) is 23.7 Å². The minimum absolute atomic E-state index is 0.124. The Hall–Kier alpha value is -3.73. The lowest BCUT2D eigenvalue weighted by Crippen LogP contribution is -2.33. The molecule has 1 unspecified atom stereocenters. The third-order valence-corrected chi connectivity index (χ3v) is 4.91. The van der Waals surface area contributed by atoms with E-state index >= 15 is 0 Å². The smallest absolute Gasteiger partial charge is 0.339 e. The monoisotopic (exact) mass is 399 g/mol. The molecule has 5 nitrogen and oxygen atoms in total. The van der Waals surface area contributed by atoms with Crippen LogP contribution in [0.4, 0.5) is 0 Å². The molecular weight excluding hydrogens is 378 g/mol. The average Bonchev–Trinajstić information content (AvgIpc) is 3.62. The van der Waals surface area contributed by atoms with Crippen LogP contribution in [0.5, 0.6) is 0 Å². The second-order valence-electron chi connectivity index (χ2n) is 7.25. The number of hydrogen-bond donors (Lipinski definition) is 1. The molecule has 1 fully saturated rings. The van der Waals surface area contributed by atoms with Crippen molar-refractivity contribution in [2.45, 2.75) is 25.0 Å². The molecule has 0 heterocycles. The van der Waals surface area contributed by atoms with Crippen LogP contribution in [0.3, 0.4) is 0 Å². The lowest BCUT2D eigenvalue weighted by Gasteiger charge is -2.18. The first-order chi connectivity index (χ1) is 14.6. The van der Waals surface area contributed by atoms with Crippen molar-refractivity contribution in [1.82, 2.24) is 5.32 Å². The van der Waals surface area contributed by atoms with Gasteiger partial charge in [0, 0.05) is 22.7 Å². The van der Waals surface area contributed by atoms with Gasteiger partial charge in [-0.2, -0.15) is 0 Å². The first kappa shape index (κ1) is 19.6. The van der Waals surface area contributed by atoms with Gasteiger partial charge in [-0.1, -0.05) is 72.8 Å².